The molecule has 37 heavy (non-hydrogen) atoms. The molecule has 4 aromatic rings. The van der Waals surface area contributed by atoms with E-state index < -0.39 is 33.2 Å². The molecule has 3 N–H and O–H groups in total. The lowest BCUT2D eigenvalue weighted by molar-refractivity contribution is 0.162. The van der Waals surface area contributed by atoms with Crippen molar-refractivity contribution in [3.8, 4) is 22.6 Å². The number of hydrogen-bond acceptors (Lipinski definition) is 5. The molecule has 1 aliphatic rings. The zero-order valence-corrected chi connectivity index (χ0v) is 20.6. The molecule has 0 bridgehead atoms. The highest BCUT2D eigenvalue weighted by molar-refractivity contribution is 7.95. The van der Waals surface area contributed by atoms with Crippen molar-refractivity contribution in [2.45, 2.75) is 30.2 Å². The molecule has 4 aromatic carbocycles. The molecule has 8 heteroatoms. The van der Waals surface area contributed by atoms with E-state index in [1.54, 1.807) is 12.1 Å². The molecule has 0 aliphatic carbocycles. The fourth-order valence-corrected chi connectivity index (χ4v) is 7.00. The molecule has 0 radical (unpaired) electrons. The highest BCUT2D eigenvalue weighted by atomic mass is 32.2. The van der Waals surface area contributed by atoms with E-state index in [-0.39, 0.29) is 24.3 Å². The molecule has 5 rings (SSSR count). The number of sulfonamides is 1. The van der Waals surface area contributed by atoms with Crippen LogP contribution in [0.25, 0.3) is 11.1 Å². The molecule has 1 saturated heterocycles. The Balaban J connectivity index is 1.45. The Labute approximate surface area is 214 Å². The standard InChI is InChI=1S/C29H26FNO5S/c30-22-10-6-21(7-11-22)26(33)16-17-28-29(25-15-14-24(32)18-27(25)34)31(37(28,35)36)23-12-8-20(9-13-23)19-4-2-1-3-5-19/h1-15,18,26,28-29,32-34H,16-17H2/t26-,28+,29-/m1/s1. The predicted molar refractivity (Wildman–Crippen MR) is 140 cm³/mol. The summed E-state index contributed by atoms with van der Waals surface area (Å²) in [6.07, 6.45) is -0.722. The molecule has 0 amide bonds. The van der Waals surface area contributed by atoms with Crippen molar-refractivity contribution in [3.63, 3.8) is 0 Å². The van der Waals surface area contributed by atoms with Gasteiger partial charge in [0.25, 0.3) is 0 Å². The number of aliphatic hydroxyl groups excluding tert-OH is 1. The van der Waals surface area contributed by atoms with E-state index in [1.807, 2.05) is 42.5 Å². The smallest absolute Gasteiger partial charge is 0.241 e. The van der Waals surface area contributed by atoms with Crippen LogP contribution < -0.4 is 4.31 Å². The number of phenolic OH excluding ortho intramolecular Hbond substituents is 2. The Morgan fingerprint density at radius 1 is 0.838 bits per heavy atom. The van der Waals surface area contributed by atoms with Gasteiger partial charge in [-0.25, -0.2) is 12.8 Å². The summed E-state index contributed by atoms with van der Waals surface area (Å²) in [5.41, 5.74) is 3.25. The van der Waals surface area contributed by atoms with Gasteiger partial charge in [0.2, 0.25) is 10.0 Å². The Morgan fingerprint density at radius 3 is 2.14 bits per heavy atom. The van der Waals surface area contributed by atoms with Crippen molar-refractivity contribution in [3.05, 3.63) is 114 Å². The Bertz CT molecular complexity index is 1490. The maximum Gasteiger partial charge on any atom is 0.241 e. The first kappa shape index (κ1) is 24.8. The third kappa shape index (κ3) is 4.77. The number of phenols is 2. The fraction of sp³-hybridized carbons (Fsp3) is 0.172. The summed E-state index contributed by atoms with van der Waals surface area (Å²) < 4.78 is 41.6. The lowest BCUT2D eigenvalue weighted by Gasteiger charge is -2.48. The van der Waals surface area contributed by atoms with Crippen LogP contribution in [0.2, 0.25) is 0 Å². The second-order valence-corrected chi connectivity index (χ2v) is 11.2. The Kier molecular flexibility index (Phi) is 6.62. The lowest BCUT2D eigenvalue weighted by Crippen LogP contribution is -2.58. The van der Waals surface area contributed by atoms with Crippen molar-refractivity contribution in [1.29, 1.82) is 0 Å². The van der Waals surface area contributed by atoms with E-state index in [0.29, 0.717) is 16.8 Å². The molecular formula is C29H26FNO5S. The highest BCUT2D eigenvalue weighted by Crippen LogP contribution is 2.50. The lowest BCUT2D eigenvalue weighted by atomic mass is 9.95. The minimum atomic E-state index is -3.81. The van der Waals surface area contributed by atoms with Crippen LogP contribution in [0, 0.1) is 5.82 Å². The average molecular weight is 520 g/mol. The number of rotatable bonds is 7. The van der Waals surface area contributed by atoms with Crippen LogP contribution in [-0.2, 0) is 10.0 Å². The normalized spacial score (nSPS) is 19.2. The van der Waals surface area contributed by atoms with Crippen LogP contribution in [-0.4, -0.2) is 29.0 Å². The van der Waals surface area contributed by atoms with Gasteiger partial charge in [-0.1, -0.05) is 54.6 Å². The van der Waals surface area contributed by atoms with Crippen molar-refractivity contribution in [2.75, 3.05) is 4.31 Å². The monoisotopic (exact) mass is 519 g/mol. The summed E-state index contributed by atoms with van der Waals surface area (Å²) in [7, 11) is -3.81. The summed E-state index contributed by atoms with van der Waals surface area (Å²) in [6.45, 7) is 0. The molecule has 190 valence electrons. The van der Waals surface area contributed by atoms with E-state index in [4.69, 9.17) is 0 Å². The predicted octanol–water partition coefficient (Wildman–Crippen LogP) is 5.68. The van der Waals surface area contributed by atoms with E-state index in [1.165, 1.54) is 46.8 Å². The molecule has 1 fully saturated rings. The molecule has 0 spiro atoms. The van der Waals surface area contributed by atoms with E-state index >= 15 is 0 Å². The van der Waals surface area contributed by atoms with Crippen LogP contribution in [0.5, 0.6) is 11.5 Å². The number of benzene rings is 4. The molecule has 0 saturated carbocycles. The maximum absolute atomic E-state index is 13.5. The molecule has 1 heterocycles. The summed E-state index contributed by atoms with van der Waals surface area (Å²) >= 11 is 0. The number of aromatic hydroxyl groups is 2. The number of halogens is 1. The second kappa shape index (κ2) is 9.88. The van der Waals surface area contributed by atoms with E-state index in [0.717, 1.165) is 11.1 Å². The van der Waals surface area contributed by atoms with Crippen molar-refractivity contribution >= 4 is 15.7 Å². The van der Waals surface area contributed by atoms with Crippen LogP contribution in [0.1, 0.15) is 36.1 Å². The third-order valence-corrected chi connectivity index (χ3v) is 9.05. The SMILES string of the molecule is O=S1(=O)[C@@H](CC[C@@H](O)c2ccc(F)cc2)[C@@H](c2ccc(O)cc2O)N1c1ccc(-c2ccccc2)cc1. The number of anilines is 1. The fourth-order valence-electron chi connectivity index (χ4n) is 4.88. The average Bonchev–Trinajstić information content (AvgIpc) is 2.89. The molecular weight excluding hydrogens is 493 g/mol. The number of nitrogens with zero attached hydrogens (tertiary/aromatic N) is 1. The Morgan fingerprint density at radius 2 is 1.49 bits per heavy atom. The largest absolute Gasteiger partial charge is 0.508 e. The zero-order chi connectivity index (χ0) is 26.2. The van der Waals surface area contributed by atoms with Gasteiger partial charge in [0.05, 0.1) is 17.8 Å². The van der Waals surface area contributed by atoms with Gasteiger partial charge in [-0.15, -0.1) is 0 Å². The molecule has 0 aromatic heterocycles. The number of hydrogen-bond donors (Lipinski definition) is 3. The van der Waals surface area contributed by atoms with Gasteiger partial charge in [-0.05, 0) is 65.9 Å². The summed E-state index contributed by atoms with van der Waals surface area (Å²) in [5, 5.41) is 30.1. The highest BCUT2D eigenvalue weighted by Gasteiger charge is 2.54. The second-order valence-electron chi connectivity index (χ2n) is 9.12. The first-order chi connectivity index (χ1) is 17.8. The van der Waals surface area contributed by atoms with E-state index in [2.05, 4.69) is 0 Å². The van der Waals surface area contributed by atoms with Crippen molar-refractivity contribution < 1.29 is 28.1 Å². The summed E-state index contributed by atoms with van der Waals surface area (Å²) in [5.74, 6) is -0.769. The molecule has 1 aliphatic heterocycles. The summed E-state index contributed by atoms with van der Waals surface area (Å²) in [6, 6.07) is 25.7. The topological polar surface area (TPSA) is 98.1 Å². The van der Waals surface area contributed by atoms with Gasteiger partial charge < -0.3 is 15.3 Å². The Hall–Kier alpha value is -3.88. The van der Waals surface area contributed by atoms with Gasteiger partial charge in [0.1, 0.15) is 22.6 Å². The van der Waals surface area contributed by atoms with Crippen LogP contribution in [0.15, 0.2) is 97.1 Å². The van der Waals surface area contributed by atoms with Gasteiger partial charge in [0, 0.05) is 11.6 Å². The van der Waals surface area contributed by atoms with Crippen LogP contribution in [0.3, 0.4) is 0 Å². The van der Waals surface area contributed by atoms with Gasteiger partial charge in [0.15, 0.2) is 0 Å². The maximum atomic E-state index is 13.5. The van der Waals surface area contributed by atoms with Gasteiger partial charge >= 0.3 is 0 Å². The minimum Gasteiger partial charge on any atom is -0.508 e. The van der Waals surface area contributed by atoms with Crippen LogP contribution in [0.4, 0.5) is 10.1 Å². The molecule has 6 nitrogen and oxygen atoms in total. The molecule has 0 unspecified atom stereocenters. The third-order valence-electron chi connectivity index (χ3n) is 6.80. The van der Waals surface area contributed by atoms with Crippen molar-refractivity contribution in [2.24, 2.45) is 0 Å². The minimum absolute atomic E-state index is 0.116. The quantitative estimate of drug-likeness (QED) is 0.292. The van der Waals surface area contributed by atoms with Crippen molar-refractivity contribution in [1.82, 2.24) is 0 Å². The summed E-state index contributed by atoms with van der Waals surface area (Å²) in [4.78, 5) is 0. The van der Waals surface area contributed by atoms with E-state index in [9.17, 15) is 28.1 Å². The van der Waals surface area contributed by atoms with Crippen LogP contribution >= 0.6 is 0 Å². The first-order valence-corrected chi connectivity index (χ1v) is 13.4. The van der Waals surface area contributed by atoms with Gasteiger partial charge in [-0.3, -0.25) is 4.31 Å². The van der Waals surface area contributed by atoms with Gasteiger partial charge in [-0.2, -0.15) is 0 Å². The molecule has 3 atom stereocenters. The zero-order valence-electron chi connectivity index (χ0n) is 19.8. The first-order valence-electron chi connectivity index (χ1n) is 11.9. The number of aliphatic hydroxyl groups is 1.